The Morgan fingerprint density at radius 3 is 3.05 bits per heavy atom. The maximum absolute atomic E-state index is 13.1. The molecule has 0 bridgehead atoms. The minimum Gasteiger partial charge on any atom is -0.396 e. The summed E-state index contributed by atoms with van der Waals surface area (Å²) >= 11 is 11.1. The molecule has 0 saturated carbocycles. The van der Waals surface area contributed by atoms with Crippen LogP contribution in [0.15, 0.2) is 18.2 Å². The minimum atomic E-state index is -0.448. The summed E-state index contributed by atoms with van der Waals surface area (Å²) in [5.41, 5.74) is 0.669. The molecule has 0 unspecified atom stereocenters. The maximum atomic E-state index is 13.1. The normalized spacial score (nSPS) is 19.3. The molecule has 2 rings (SSSR count). The van der Waals surface area contributed by atoms with Crippen LogP contribution in [0.1, 0.15) is 12.8 Å². The van der Waals surface area contributed by atoms with E-state index in [4.69, 9.17) is 23.8 Å². The molecule has 0 aromatic heterocycles. The largest absolute Gasteiger partial charge is 0.396 e. The third-order valence-corrected chi connectivity index (χ3v) is 3.89. The highest BCUT2D eigenvalue weighted by Gasteiger charge is 2.21. The number of hydrogen-bond acceptors (Lipinski definition) is 2. The molecule has 1 aliphatic heterocycles. The fraction of sp³-hybridized carbons (Fsp3) is 0.462. The SMILES string of the molecule is OC[C@@H]1CCCN(C(=S)Nc2ccc(F)c(Cl)c2)C1. The number of nitrogens with zero attached hydrogens (tertiary/aromatic N) is 1. The molecule has 1 aliphatic rings. The number of halogens is 2. The Bertz CT molecular complexity index is 472. The van der Waals surface area contributed by atoms with Gasteiger partial charge in [-0.15, -0.1) is 0 Å². The molecule has 1 fully saturated rings. The summed E-state index contributed by atoms with van der Waals surface area (Å²) in [6.45, 7) is 1.80. The first-order valence-corrected chi connectivity index (χ1v) is 7.00. The number of benzene rings is 1. The lowest BCUT2D eigenvalue weighted by molar-refractivity contribution is 0.162. The quantitative estimate of drug-likeness (QED) is 0.824. The van der Waals surface area contributed by atoms with E-state index in [1.165, 1.54) is 12.1 Å². The van der Waals surface area contributed by atoms with E-state index in [0.29, 0.717) is 10.8 Å². The Balaban J connectivity index is 1.98. The molecule has 3 nitrogen and oxygen atoms in total. The molecule has 1 aromatic rings. The second-order valence-corrected chi connectivity index (χ2v) is 5.49. The molecule has 1 heterocycles. The third kappa shape index (κ3) is 3.78. The van der Waals surface area contributed by atoms with Crippen LogP contribution in [0.4, 0.5) is 10.1 Å². The lowest BCUT2D eigenvalue weighted by atomic mass is 9.99. The molecule has 1 atom stereocenters. The van der Waals surface area contributed by atoms with Gasteiger partial charge in [-0.25, -0.2) is 4.39 Å². The number of piperidine rings is 1. The summed E-state index contributed by atoms with van der Waals surface area (Å²) < 4.78 is 13.1. The summed E-state index contributed by atoms with van der Waals surface area (Å²) in [6, 6.07) is 4.41. The summed E-state index contributed by atoms with van der Waals surface area (Å²) in [6.07, 6.45) is 2.04. The lowest BCUT2D eigenvalue weighted by Crippen LogP contribution is -2.43. The molecule has 6 heteroatoms. The van der Waals surface area contributed by atoms with Gasteiger partial charge in [0.25, 0.3) is 0 Å². The monoisotopic (exact) mass is 302 g/mol. The van der Waals surface area contributed by atoms with Gasteiger partial charge in [0, 0.05) is 25.4 Å². The van der Waals surface area contributed by atoms with Crippen molar-refractivity contribution in [3.8, 4) is 0 Å². The van der Waals surface area contributed by atoms with Crippen molar-refractivity contribution in [2.75, 3.05) is 25.0 Å². The number of rotatable bonds is 2. The van der Waals surface area contributed by atoms with Crippen molar-refractivity contribution < 1.29 is 9.50 Å². The van der Waals surface area contributed by atoms with Gasteiger partial charge in [-0.1, -0.05) is 11.6 Å². The Kier molecular flexibility index (Phi) is 4.96. The molecule has 0 amide bonds. The first kappa shape index (κ1) is 14.5. The van der Waals surface area contributed by atoms with Crippen LogP contribution in [0, 0.1) is 11.7 Å². The molecule has 1 saturated heterocycles. The van der Waals surface area contributed by atoms with E-state index in [1.807, 2.05) is 4.90 Å². The first-order valence-electron chi connectivity index (χ1n) is 6.22. The lowest BCUT2D eigenvalue weighted by Gasteiger charge is -2.33. The van der Waals surface area contributed by atoms with Gasteiger partial charge in [0.05, 0.1) is 5.02 Å². The standard InChI is InChI=1S/C13H16ClFN2OS/c14-11-6-10(3-4-12(11)15)16-13(19)17-5-1-2-9(7-17)8-18/h3-4,6,9,18H,1-2,5,7-8H2,(H,16,19)/t9-/m1/s1. The van der Waals surface area contributed by atoms with Gasteiger partial charge in [0.1, 0.15) is 5.82 Å². The zero-order chi connectivity index (χ0) is 13.8. The molecule has 0 aliphatic carbocycles. The maximum Gasteiger partial charge on any atom is 0.173 e. The van der Waals surface area contributed by atoms with Crippen molar-refractivity contribution in [1.82, 2.24) is 4.90 Å². The second kappa shape index (κ2) is 6.50. The molecule has 0 radical (unpaired) electrons. The molecule has 2 N–H and O–H groups in total. The number of anilines is 1. The van der Waals surface area contributed by atoms with E-state index >= 15 is 0 Å². The minimum absolute atomic E-state index is 0.0691. The van der Waals surface area contributed by atoms with Gasteiger partial charge >= 0.3 is 0 Å². The number of thiocarbonyl (C=S) groups is 1. The predicted molar refractivity (Wildman–Crippen MR) is 79.0 cm³/mol. The van der Waals surface area contributed by atoms with Crippen molar-refractivity contribution in [3.63, 3.8) is 0 Å². The second-order valence-electron chi connectivity index (χ2n) is 4.70. The highest BCUT2D eigenvalue weighted by atomic mass is 35.5. The molecule has 104 valence electrons. The average Bonchev–Trinajstić information content (AvgIpc) is 2.43. The van der Waals surface area contributed by atoms with Crippen LogP contribution in [-0.4, -0.2) is 34.8 Å². The van der Waals surface area contributed by atoms with Crippen LogP contribution in [0.2, 0.25) is 5.02 Å². The fourth-order valence-electron chi connectivity index (χ4n) is 2.17. The highest BCUT2D eigenvalue weighted by molar-refractivity contribution is 7.80. The van der Waals surface area contributed by atoms with Gasteiger partial charge in [-0.05, 0) is 49.2 Å². The van der Waals surface area contributed by atoms with Crippen LogP contribution in [0.5, 0.6) is 0 Å². The molecular formula is C13H16ClFN2OS. The van der Waals surface area contributed by atoms with Crippen molar-refractivity contribution >= 4 is 34.6 Å². The van der Waals surface area contributed by atoms with Crippen LogP contribution in [0.3, 0.4) is 0 Å². The smallest absolute Gasteiger partial charge is 0.173 e. The van der Waals surface area contributed by atoms with Crippen molar-refractivity contribution in [2.45, 2.75) is 12.8 Å². The summed E-state index contributed by atoms with van der Waals surface area (Å²) in [4.78, 5) is 2.02. The summed E-state index contributed by atoms with van der Waals surface area (Å²) in [5.74, 6) is -0.179. The van der Waals surface area contributed by atoms with Gasteiger partial charge in [0.15, 0.2) is 5.11 Å². The fourth-order valence-corrected chi connectivity index (χ4v) is 2.64. The Hall–Kier alpha value is -0.910. The van der Waals surface area contributed by atoms with Gasteiger partial charge in [0.2, 0.25) is 0 Å². The number of likely N-dealkylation sites (tertiary alicyclic amines) is 1. The van der Waals surface area contributed by atoms with E-state index < -0.39 is 5.82 Å². The van der Waals surface area contributed by atoms with Crippen LogP contribution in [-0.2, 0) is 0 Å². The highest BCUT2D eigenvalue weighted by Crippen LogP contribution is 2.21. The summed E-state index contributed by atoms with van der Waals surface area (Å²) in [5, 5.41) is 12.9. The van der Waals surface area contributed by atoms with Crippen LogP contribution >= 0.6 is 23.8 Å². The average molecular weight is 303 g/mol. The van der Waals surface area contributed by atoms with Gasteiger partial charge in [-0.3, -0.25) is 0 Å². The zero-order valence-corrected chi connectivity index (χ0v) is 12.0. The molecule has 1 aromatic carbocycles. The van der Waals surface area contributed by atoms with Gasteiger partial charge in [-0.2, -0.15) is 0 Å². The van der Waals surface area contributed by atoms with E-state index in [2.05, 4.69) is 5.32 Å². The van der Waals surface area contributed by atoms with E-state index in [-0.39, 0.29) is 17.5 Å². The molecule has 19 heavy (non-hydrogen) atoms. The molecule has 0 spiro atoms. The Labute approximate surface area is 122 Å². The van der Waals surface area contributed by atoms with Crippen molar-refractivity contribution in [3.05, 3.63) is 29.0 Å². The van der Waals surface area contributed by atoms with Gasteiger partial charge < -0.3 is 15.3 Å². The van der Waals surface area contributed by atoms with Crippen molar-refractivity contribution in [1.29, 1.82) is 0 Å². The molecular weight excluding hydrogens is 287 g/mol. The predicted octanol–water partition coefficient (Wildman–Crippen LogP) is 2.88. The summed E-state index contributed by atoms with van der Waals surface area (Å²) in [7, 11) is 0. The number of aliphatic hydroxyl groups is 1. The number of nitrogens with one attached hydrogen (secondary N) is 1. The zero-order valence-electron chi connectivity index (χ0n) is 10.4. The third-order valence-electron chi connectivity index (χ3n) is 3.24. The topological polar surface area (TPSA) is 35.5 Å². The van der Waals surface area contributed by atoms with Crippen LogP contribution in [0.25, 0.3) is 0 Å². The number of aliphatic hydroxyl groups excluding tert-OH is 1. The van der Waals surface area contributed by atoms with E-state index in [1.54, 1.807) is 6.07 Å². The van der Waals surface area contributed by atoms with E-state index in [9.17, 15) is 9.50 Å². The van der Waals surface area contributed by atoms with E-state index in [0.717, 1.165) is 25.9 Å². The number of hydrogen-bond donors (Lipinski definition) is 2. The Morgan fingerprint density at radius 2 is 2.37 bits per heavy atom. The first-order chi connectivity index (χ1) is 9.10. The van der Waals surface area contributed by atoms with Crippen molar-refractivity contribution in [2.24, 2.45) is 5.92 Å². The Morgan fingerprint density at radius 1 is 1.58 bits per heavy atom. The van der Waals surface area contributed by atoms with Crippen LogP contribution < -0.4 is 5.32 Å².